The highest BCUT2D eigenvalue weighted by molar-refractivity contribution is 5.96. The summed E-state index contributed by atoms with van der Waals surface area (Å²) in [5, 5.41) is 4.08. The lowest BCUT2D eigenvalue weighted by Gasteiger charge is -2.23. The van der Waals surface area contributed by atoms with Gasteiger partial charge in [-0.2, -0.15) is 5.10 Å². The van der Waals surface area contributed by atoms with Crippen molar-refractivity contribution in [1.82, 2.24) is 14.7 Å². The van der Waals surface area contributed by atoms with E-state index in [0.717, 1.165) is 18.7 Å². The normalized spacial score (nSPS) is 24.4. The molecular formula is C12H20N4O2. The van der Waals surface area contributed by atoms with Gasteiger partial charge in [0.05, 0.1) is 24.0 Å². The van der Waals surface area contributed by atoms with E-state index in [0.29, 0.717) is 0 Å². The first-order valence-corrected chi connectivity index (χ1v) is 6.02. The van der Waals surface area contributed by atoms with E-state index in [2.05, 4.69) is 5.10 Å². The van der Waals surface area contributed by atoms with E-state index in [1.807, 2.05) is 25.2 Å². The Morgan fingerprint density at radius 3 is 2.78 bits per heavy atom. The lowest BCUT2D eigenvalue weighted by atomic mass is 10.1. The largest absolute Gasteiger partial charge is 0.380 e. The number of rotatable bonds is 3. The third-order valence-electron chi connectivity index (χ3n) is 3.54. The molecule has 1 aromatic heterocycles. The Kier molecular flexibility index (Phi) is 3.68. The molecule has 1 aliphatic heterocycles. The number of carbonyl (C=O) groups excluding carboxylic acids is 1. The molecule has 2 heterocycles. The number of carbonyl (C=O) groups is 1. The van der Waals surface area contributed by atoms with Crippen LogP contribution in [0.25, 0.3) is 0 Å². The highest BCUT2D eigenvalue weighted by Crippen LogP contribution is 2.22. The van der Waals surface area contributed by atoms with E-state index in [9.17, 15) is 4.79 Å². The van der Waals surface area contributed by atoms with Crippen molar-refractivity contribution in [2.75, 3.05) is 32.6 Å². The molecule has 100 valence electrons. The average Bonchev–Trinajstić information content (AvgIpc) is 2.93. The lowest BCUT2D eigenvalue weighted by molar-refractivity contribution is -0.122. The molecule has 0 aliphatic carbocycles. The van der Waals surface area contributed by atoms with E-state index in [4.69, 9.17) is 4.74 Å². The minimum absolute atomic E-state index is 0.0880. The maximum absolute atomic E-state index is 12.4. The van der Waals surface area contributed by atoms with E-state index in [1.165, 1.54) is 0 Å². The zero-order valence-electron chi connectivity index (χ0n) is 11.3. The molecular weight excluding hydrogens is 232 g/mol. The van der Waals surface area contributed by atoms with Crippen LogP contribution in [0.15, 0.2) is 12.4 Å². The standard InChI is InChI=1S/C12H20N4O2/c1-14-8-10(18-4)5-11(14)12(17)16(3)9-6-13-15(2)7-9/h6-7,10-11H,5,8H2,1-4H3/t10-,11-/m0/s1. The quantitative estimate of drug-likeness (QED) is 0.766. The van der Waals surface area contributed by atoms with Crippen LogP contribution in [0.4, 0.5) is 5.69 Å². The number of methoxy groups -OCH3 is 1. The topological polar surface area (TPSA) is 50.6 Å². The Labute approximate surface area is 107 Å². The number of hydrogen-bond donors (Lipinski definition) is 0. The summed E-state index contributed by atoms with van der Waals surface area (Å²) in [6.45, 7) is 0.799. The first-order valence-electron chi connectivity index (χ1n) is 6.02. The van der Waals surface area contributed by atoms with Gasteiger partial charge >= 0.3 is 0 Å². The number of amides is 1. The van der Waals surface area contributed by atoms with Gasteiger partial charge in [-0.05, 0) is 13.5 Å². The molecule has 0 saturated carbocycles. The van der Waals surface area contributed by atoms with Gasteiger partial charge in [-0.1, -0.05) is 0 Å². The van der Waals surface area contributed by atoms with Gasteiger partial charge in [-0.15, -0.1) is 0 Å². The van der Waals surface area contributed by atoms with Gasteiger partial charge in [0.15, 0.2) is 0 Å². The fraction of sp³-hybridized carbons (Fsp3) is 0.667. The van der Waals surface area contributed by atoms with Crippen LogP contribution in [0, 0.1) is 0 Å². The second-order valence-electron chi connectivity index (χ2n) is 4.82. The predicted octanol–water partition coefficient (Wildman–Crippen LogP) is 0.102. The van der Waals surface area contributed by atoms with E-state index >= 15 is 0 Å². The van der Waals surface area contributed by atoms with Crippen LogP contribution < -0.4 is 4.90 Å². The molecule has 1 aromatic rings. The first kappa shape index (κ1) is 13.0. The van der Waals surface area contributed by atoms with Gasteiger partial charge < -0.3 is 9.64 Å². The number of anilines is 1. The molecule has 18 heavy (non-hydrogen) atoms. The summed E-state index contributed by atoms with van der Waals surface area (Å²) in [5.41, 5.74) is 0.816. The van der Waals surface area contributed by atoms with Crippen molar-refractivity contribution in [3.8, 4) is 0 Å². The molecule has 0 unspecified atom stereocenters. The Morgan fingerprint density at radius 1 is 1.56 bits per heavy atom. The zero-order chi connectivity index (χ0) is 13.3. The Bertz CT molecular complexity index is 431. The van der Waals surface area contributed by atoms with Gasteiger partial charge in [-0.25, -0.2) is 0 Å². The average molecular weight is 252 g/mol. The molecule has 0 spiro atoms. The molecule has 1 saturated heterocycles. The third kappa shape index (κ3) is 2.39. The number of aryl methyl sites for hydroxylation is 1. The first-order chi connectivity index (χ1) is 8.52. The van der Waals surface area contributed by atoms with Crippen LogP contribution >= 0.6 is 0 Å². The third-order valence-corrected chi connectivity index (χ3v) is 3.54. The van der Waals surface area contributed by atoms with Crippen molar-refractivity contribution in [1.29, 1.82) is 0 Å². The van der Waals surface area contributed by atoms with E-state index in [-0.39, 0.29) is 18.1 Å². The van der Waals surface area contributed by atoms with Crippen LogP contribution in [0.2, 0.25) is 0 Å². The number of ether oxygens (including phenoxy) is 1. The SMILES string of the molecule is CO[C@H]1C[C@@H](C(=O)N(C)c2cnn(C)c2)N(C)C1. The summed E-state index contributed by atoms with van der Waals surface area (Å²) < 4.78 is 7.01. The van der Waals surface area contributed by atoms with Crippen molar-refractivity contribution >= 4 is 11.6 Å². The molecule has 0 radical (unpaired) electrons. The molecule has 6 heteroatoms. The van der Waals surface area contributed by atoms with Crippen LogP contribution in [0.5, 0.6) is 0 Å². The Balaban J connectivity index is 2.07. The summed E-state index contributed by atoms with van der Waals surface area (Å²) in [6, 6.07) is -0.111. The van der Waals surface area contributed by atoms with Gasteiger partial charge in [0.25, 0.3) is 0 Å². The van der Waals surface area contributed by atoms with Crippen molar-refractivity contribution in [2.45, 2.75) is 18.6 Å². The summed E-state index contributed by atoms with van der Waals surface area (Å²) >= 11 is 0. The van der Waals surface area contributed by atoms with Crippen molar-refractivity contribution < 1.29 is 9.53 Å². The zero-order valence-corrected chi connectivity index (χ0v) is 11.3. The van der Waals surface area contributed by atoms with Gasteiger partial charge in [0.1, 0.15) is 0 Å². The Hall–Kier alpha value is -1.40. The molecule has 2 rings (SSSR count). The maximum Gasteiger partial charge on any atom is 0.244 e. The fourth-order valence-electron chi connectivity index (χ4n) is 2.34. The summed E-state index contributed by atoms with van der Waals surface area (Å²) in [6.07, 6.45) is 4.42. The lowest BCUT2D eigenvalue weighted by Crippen LogP contribution is -2.42. The molecule has 1 fully saturated rings. The number of likely N-dealkylation sites (tertiary alicyclic amines) is 1. The minimum Gasteiger partial charge on any atom is -0.380 e. The van der Waals surface area contributed by atoms with Crippen LogP contribution in [-0.2, 0) is 16.6 Å². The van der Waals surface area contributed by atoms with Crippen molar-refractivity contribution in [3.63, 3.8) is 0 Å². The highest BCUT2D eigenvalue weighted by Gasteiger charge is 2.36. The highest BCUT2D eigenvalue weighted by atomic mass is 16.5. The molecule has 0 N–H and O–H groups in total. The van der Waals surface area contributed by atoms with Crippen LogP contribution in [-0.4, -0.2) is 60.5 Å². The smallest absolute Gasteiger partial charge is 0.244 e. The molecule has 1 aliphatic rings. The number of hydrogen-bond acceptors (Lipinski definition) is 4. The molecule has 6 nitrogen and oxygen atoms in total. The van der Waals surface area contributed by atoms with Gasteiger partial charge in [0, 0.05) is 33.9 Å². The van der Waals surface area contributed by atoms with Gasteiger partial charge in [0.2, 0.25) is 5.91 Å². The number of likely N-dealkylation sites (N-methyl/N-ethyl adjacent to an activating group) is 2. The number of nitrogens with zero attached hydrogens (tertiary/aromatic N) is 4. The van der Waals surface area contributed by atoms with E-state index < -0.39 is 0 Å². The predicted molar refractivity (Wildman–Crippen MR) is 68.5 cm³/mol. The second kappa shape index (κ2) is 5.07. The van der Waals surface area contributed by atoms with Crippen LogP contribution in [0.1, 0.15) is 6.42 Å². The van der Waals surface area contributed by atoms with Crippen molar-refractivity contribution in [2.24, 2.45) is 7.05 Å². The van der Waals surface area contributed by atoms with Gasteiger partial charge in [-0.3, -0.25) is 14.4 Å². The molecule has 0 aromatic carbocycles. The van der Waals surface area contributed by atoms with Crippen molar-refractivity contribution in [3.05, 3.63) is 12.4 Å². The molecule has 2 atom stereocenters. The van der Waals surface area contributed by atoms with Crippen LogP contribution in [0.3, 0.4) is 0 Å². The Morgan fingerprint density at radius 2 is 2.28 bits per heavy atom. The number of aromatic nitrogens is 2. The minimum atomic E-state index is -0.111. The fourth-order valence-corrected chi connectivity index (χ4v) is 2.34. The summed E-state index contributed by atoms with van der Waals surface area (Å²) in [7, 11) is 7.27. The van der Waals surface area contributed by atoms with E-state index in [1.54, 1.807) is 29.9 Å². The molecule has 0 bridgehead atoms. The second-order valence-corrected chi connectivity index (χ2v) is 4.82. The summed E-state index contributed by atoms with van der Waals surface area (Å²) in [5.74, 6) is 0.0880. The molecule has 1 amide bonds. The maximum atomic E-state index is 12.4. The monoisotopic (exact) mass is 252 g/mol. The summed E-state index contributed by atoms with van der Waals surface area (Å²) in [4.78, 5) is 16.1.